The molecule has 21 heavy (non-hydrogen) atoms. The fraction of sp³-hybridized carbons (Fsp3) is 0.667. The van der Waals surface area contributed by atoms with Crippen molar-refractivity contribution in [3.63, 3.8) is 0 Å². The predicted octanol–water partition coefficient (Wildman–Crippen LogP) is 3.86. The molecule has 1 saturated carbocycles. The smallest absolute Gasteiger partial charge is 0.119 e. The second kappa shape index (κ2) is 7.69. The lowest BCUT2D eigenvalue weighted by molar-refractivity contribution is 0.261. The van der Waals surface area contributed by atoms with E-state index in [0.29, 0.717) is 6.04 Å². The SMILES string of the molecule is CC1CCC(Nc2ccc(OCCN(C)C)cc2)C(C)C1. The van der Waals surface area contributed by atoms with Gasteiger partial charge >= 0.3 is 0 Å². The Morgan fingerprint density at radius 3 is 2.48 bits per heavy atom. The highest BCUT2D eigenvalue weighted by molar-refractivity contribution is 5.47. The summed E-state index contributed by atoms with van der Waals surface area (Å²) in [5.41, 5.74) is 1.21. The maximum atomic E-state index is 5.73. The lowest BCUT2D eigenvalue weighted by Crippen LogP contribution is -2.32. The molecule has 0 saturated heterocycles. The number of likely N-dealkylation sites (N-methyl/N-ethyl adjacent to an activating group) is 1. The van der Waals surface area contributed by atoms with Gasteiger partial charge in [-0.25, -0.2) is 0 Å². The summed E-state index contributed by atoms with van der Waals surface area (Å²) in [5.74, 6) is 2.59. The highest BCUT2D eigenvalue weighted by atomic mass is 16.5. The van der Waals surface area contributed by atoms with E-state index in [4.69, 9.17) is 4.74 Å². The van der Waals surface area contributed by atoms with Crippen molar-refractivity contribution in [2.45, 2.75) is 39.2 Å². The molecule has 118 valence electrons. The molecule has 1 fully saturated rings. The molecule has 3 unspecified atom stereocenters. The maximum Gasteiger partial charge on any atom is 0.119 e. The van der Waals surface area contributed by atoms with Crippen LogP contribution in [0.25, 0.3) is 0 Å². The molecule has 0 spiro atoms. The first-order chi connectivity index (χ1) is 10.0. The summed E-state index contributed by atoms with van der Waals surface area (Å²) in [5, 5.41) is 3.69. The van der Waals surface area contributed by atoms with E-state index in [2.05, 4.69) is 62.4 Å². The van der Waals surface area contributed by atoms with Crippen LogP contribution in [-0.2, 0) is 0 Å². The van der Waals surface area contributed by atoms with E-state index in [-0.39, 0.29) is 0 Å². The Balaban J connectivity index is 1.82. The van der Waals surface area contributed by atoms with E-state index >= 15 is 0 Å². The van der Waals surface area contributed by atoms with Crippen LogP contribution < -0.4 is 10.1 Å². The van der Waals surface area contributed by atoms with Gasteiger partial charge in [-0.1, -0.05) is 13.8 Å². The quantitative estimate of drug-likeness (QED) is 0.861. The van der Waals surface area contributed by atoms with Crippen LogP contribution in [0.2, 0.25) is 0 Å². The van der Waals surface area contributed by atoms with Gasteiger partial charge in [0.2, 0.25) is 0 Å². The number of benzene rings is 1. The van der Waals surface area contributed by atoms with E-state index in [1.807, 2.05) is 0 Å². The molecule has 1 aromatic carbocycles. The Morgan fingerprint density at radius 2 is 1.86 bits per heavy atom. The molecule has 0 bridgehead atoms. The molecule has 2 rings (SSSR count). The Morgan fingerprint density at radius 1 is 1.14 bits per heavy atom. The molecule has 0 amide bonds. The van der Waals surface area contributed by atoms with Crippen molar-refractivity contribution in [3.8, 4) is 5.75 Å². The number of rotatable bonds is 6. The van der Waals surface area contributed by atoms with Gasteiger partial charge in [0.1, 0.15) is 12.4 Å². The summed E-state index contributed by atoms with van der Waals surface area (Å²) >= 11 is 0. The normalized spacial score (nSPS) is 25.9. The number of nitrogens with one attached hydrogen (secondary N) is 1. The molecule has 1 aliphatic rings. The second-order valence-corrected chi connectivity index (χ2v) is 6.82. The molecular weight excluding hydrogens is 260 g/mol. The highest BCUT2D eigenvalue weighted by Gasteiger charge is 2.24. The van der Waals surface area contributed by atoms with Gasteiger partial charge in [-0.3, -0.25) is 0 Å². The van der Waals surface area contributed by atoms with Gasteiger partial charge in [0.05, 0.1) is 0 Å². The molecule has 0 heterocycles. The third kappa shape index (κ3) is 5.24. The third-order valence-electron chi connectivity index (χ3n) is 4.45. The van der Waals surface area contributed by atoms with E-state index in [0.717, 1.165) is 30.7 Å². The lowest BCUT2D eigenvalue weighted by Gasteiger charge is -2.33. The van der Waals surface area contributed by atoms with Crippen molar-refractivity contribution in [2.75, 3.05) is 32.6 Å². The molecule has 1 N–H and O–H groups in total. The summed E-state index contributed by atoms with van der Waals surface area (Å²) in [6.07, 6.45) is 3.96. The van der Waals surface area contributed by atoms with Gasteiger partial charge in [0.15, 0.2) is 0 Å². The molecule has 3 atom stereocenters. The Bertz CT molecular complexity index is 416. The van der Waals surface area contributed by atoms with Crippen molar-refractivity contribution < 1.29 is 4.74 Å². The zero-order valence-corrected chi connectivity index (χ0v) is 13.9. The van der Waals surface area contributed by atoms with Crippen molar-refractivity contribution in [2.24, 2.45) is 11.8 Å². The molecule has 0 aliphatic heterocycles. The minimum absolute atomic E-state index is 0.613. The summed E-state index contributed by atoms with van der Waals surface area (Å²) in [6, 6.07) is 9.01. The Hall–Kier alpha value is -1.22. The molecule has 3 heteroatoms. The fourth-order valence-corrected chi connectivity index (χ4v) is 3.09. The Labute approximate surface area is 129 Å². The molecular formula is C18H30N2O. The van der Waals surface area contributed by atoms with Crippen LogP contribution in [0.4, 0.5) is 5.69 Å². The maximum absolute atomic E-state index is 5.73. The molecule has 0 aromatic heterocycles. The summed E-state index contributed by atoms with van der Waals surface area (Å²) in [4.78, 5) is 2.13. The number of hydrogen-bond donors (Lipinski definition) is 1. The van der Waals surface area contributed by atoms with Gasteiger partial charge in [-0.2, -0.15) is 0 Å². The molecule has 1 aliphatic carbocycles. The van der Waals surface area contributed by atoms with Crippen LogP contribution in [0.3, 0.4) is 0 Å². The van der Waals surface area contributed by atoms with Crippen LogP contribution in [0, 0.1) is 11.8 Å². The van der Waals surface area contributed by atoms with E-state index < -0.39 is 0 Å². The van der Waals surface area contributed by atoms with Crippen LogP contribution in [0.15, 0.2) is 24.3 Å². The van der Waals surface area contributed by atoms with Gasteiger partial charge < -0.3 is 15.0 Å². The first-order valence-corrected chi connectivity index (χ1v) is 8.18. The topological polar surface area (TPSA) is 24.5 Å². The number of hydrogen-bond acceptors (Lipinski definition) is 3. The summed E-state index contributed by atoms with van der Waals surface area (Å²) in [6.45, 7) is 6.41. The number of nitrogens with zero attached hydrogens (tertiary/aromatic N) is 1. The molecule has 1 aromatic rings. The van der Waals surface area contributed by atoms with Crippen molar-refractivity contribution in [1.29, 1.82) is 0 Å². The zero-order chi connectivity index (χ0) is 15.2. The summed E-state index contributed by atoms with van der Waals surface area (Å²) in [7, 11) is 4.12. The van der Waals surface area contributed by atoms with Crippen LogP contribution >= 0.6 is 0 Å². The minimum Gasteiger partial charge on any atom is -0.492 e. The third-order valence-corrected chi connectivity index (χ3v) is 4.45. The van der Waals surface area contributed by atoms with E-state index in [9.17, 15) is 0 Å². The van der Waals surface area contributed by atoms with Crippen molar-refractivity contribution in [1.82, 2.24) is 4.90 Å². The fourth-order valence-electron chi connectivity index (χ4n) is 3.09. The van der Waals surface area contributed by atoms with Crippen molar-refractivity contribution >= 4 is 5.69 Å². The number of anilines is 1. The number of ether oxygens (including phenoxy) is 1. The standard InChI is InChI=1S/C18H30N2O/c1-14-5-10-18(15(2)13-14)19-16-6-8-17(9-7-16)21-12-11-20(3)4/h6-9,14-15,18-19H,5,10-13H2,1-4H3. The van der Waals surface area contributed by atoms with Gasteiger partial charge in [-0.05, 0) is 69.5 Å². The first-order valence-electron chi connectivity index (χ1n) is 8.18. The zero-order valence-electron chi connectivity index (χ0n) is 13.9. The van der Waals surface area contributed by atoms with Crippen LogP contribution in [-0.4, -0.2) is 38.2 Å². The monoisotopic (exact) mass is 290 g/mol. The molecule has 0 radical (unpaired) electrons. The van der Waals surface area contributed by atoms with Gasteiger partial charge in [-0.15, -0.1) is 0 Å². The van der Waals surface area contributed by atoms with E-state index in [1.165, 1.54) is 24.9 Å². The largest absolute Gasteiger partial charge is 0.492 e. The summed E-state index contributed by atoms with van der Waals surface area (Å²) < 4.78 is 5.73. The van der Waals surface area contributed by atoms with Gasteiger partial charge in [0.25, 0.3) is 0 Å². The Kier molecular flexibility index (Phi) is 5.92. The average Bonchev–Trinajstić information content (AvgIpc) is 2.43. The lowest BCUT2D eigenvalue weighted by atomic mass is 9.80. The predicted molar refractivity (Wildman–Crippen MR) is 90.1 cm³/mol. The van der Waals surface area contributed by atoms with E-state index in [1.54, 1.807) is 0 Å². The average molecular weight is 290 g/mol. The first kappa shape index (κ1) is 16.2. The molecule has 3 nitrogen and oxygen atoms in total. The van der Waals surface area contributed by atoms with Crippen LogP contribution in [0.5, 0.6) is 5.75 Å². The van der Waals surface area contributed by atoms with Crippen molar-refractivity contribution in [3.05, 3.63) is 24.3 Å². The second-order valence-electron chi connectivity index (χ2n) is 6.82. The highest BCUT2D eigenvalue weighted by Crippen LogP contribution is 2.31. The van der Waals surface area contributed by atoms with Crippen LogP contribution in [0.1, 0.15) is 33.1 Å². The van der Waals surface area contributed by atoms with Gasteiger partial charge in [0, 0.05) is 18.3 Å². The minimum atomic E-state index is 0.613.